The predicted octanol–water partition coefficient (Wildman–Crippen LogP) is 3.30. The lowest BCUT2D eigenvalue weighted by molar-refractivity contribution is -0.119. The van der Waals surface area contributed by atoms with Gasteiger partial charge in [0.05, 0.1) is 11.1 Å². The van der Waals surface area contributed by atoms with Crippen LogP contribution in [0.5, 0.6) is 0 Å². The Balaban J connectivity index is 1.77. The molecule has 150 valence electrons. The van der Waals surface area contributed by atoms with Crippen molar-refractivity contribution in [3.05, 3.63) is 82.8 Å². The average Bonchev–Trinajstić information content (AvgIpc) is 2.76. The molecule has 4 aromatic rings. The van der Waals surface area contributed by atoms with Crippen molar-refractivity contribution < 1.29 is 14.7 Å². The molecule has 0 atom stereocenters. The normalized spacial score (nSPS) is 11.0. The Morgan fingerprint density at radius 3 is 2.27 bits per heavy atom. The van der Waals surface area contributed by atoms with Crippen LogP contribution in [0.15, 0.2) is 71.5 Å². The number of aromatic carboxylic acids is 1. The third-order valence-electron chi connectivity index (χ3n) is 5.03. The minimum absolute atomic E-state index is 0.214. The maximum atomic E-state index is 13.1. The topological polar surface area (TPSA) is 92.5 Å². The van der Waals surface area contributed by atoms with E-state index in [0.29, 0.717) is 6.54 Å². The van der Waals surface area contributed by atoms with Crippen LogP contribution in [0, 0.1) is 0 Å². The molecule has 1 heterocycles. The van der Waals surface area contributed by atoms with Crippen molar-refractivity contribution in [3.8, 4) is 0 Å². The summed E-state index contributed by atoms with van der Waals surface area (Å²) in [7, 11) is 0. The van der Waals surface area contributed by atoms with E-state index in [2.05, 4.69) is 5.10 Å². The summed E-state index contributed by atoms with van der Waals surface area (Å²) >= 11 is 0. The van der Waals surface area contributed by atoms with E-state index in [9.17, 15) is 19.5 Å². The van der Waals surface area contributed by atoms with Gasteiger partial charge in [0.25, 0.3) is 5.56 Å². The van der Waals surface area contributed by atoms with Crippen LogP contribution in [-0.2, 0) is 11.3 Å². The van der Waals surface area contributed by atoms with Crippen LogP contribution in [0.1, 0.15) is 17.4 Å². The number of carboxylic acids is 1. The van der Waals surface area contributed by atoms with Crippen LogP contribution in [-0.4, -0.2) is 33.3 Å². The van der Waals surface area contributed by atoms with Crippen LogP contribution in [0.3, 0.4) is 0 Å². The zero-order valence-electron chi connectivity index (χ0n) is 16.3. The summed E-state index contributed by atoms with van der Waals surface area (Å²) in [4.78, 5) is 39.2. The van der Waals surface area contributed by atoms with Gasteiger partial charge in [-0.05, 0) is 24.4 Å². The van der Waals surface area contributed by atoms with E-state index in [1.54, 1.807) is 17.0 Å². The van der Waals surface area contributed by atoms with Gasteiger partial charge in [-0.1, -0.05) is 54.6 Å². The Hall–Kier alpha value is -4.00. The molecule has 3 aromatic carbocycles. The Kier molecular flexibility index (Phi) is 5.02. The molecule has 0 fully saturated rings. The fraction of sp³-hybridized carbons (Fsp3) is 0.130. The zero-order chi connectivity index (χ0) is 21.3. The molecule has 1 amide bonds. The van der Waals surface area contributed by atoms with E-state index in [1.807, 2.05) is 49.4 Å². The lowest BCUT2D eigenvalue weighted by Crippen LogP contribution is -2.38. The van der Waals surface area contributed by atoms with Crippen molar-refractivity contribution in [2.75, 3.05) is 11.4 Å². The first-order chi connectivity index (χ1) is 14.5. The standard InChI is InChI=1S/C23H19N3O4/c1-2-25(19-13-7-9-15-8-3-4-10-16(15)19)20(27)14-26-22(28)18-12-6-5-11-17(18)21(24-26)23(29)30/h3-13H,2,14H2,1H3,(H,29,30). The van der Waals surface area contributed by atoms with Crippen LogP contribution >= 0.6 is 0 Å². The Morgan fingerprint density at radius 2 is 1.57 bits per heavy atom. The Morgan fingerprint density at radius 1 is 0.933 bits per heavy atom. The largest absolute Gasteiger partial charge is 0.476 e. The minimum atomic E-state index is -1.26. The van der Waals surface area contributed by atoms with Gasteiger partial charge >= 0.3 is 5.97 Å². The quantitative estimate of drug-likeness (QED) is 0.554. The number of carboxylic acid groups (broad SMARTS) is 1. The number of aromatic nitrogens is 2. The molecule has 0 spiro atoms. The summed E-state index contributed by atoms with van der Waals surface area (Å²) in [6.45, 7) is 1.88. The van der Waals surface area contributed by atoms with Gasteiger partial charge in [0.2, 0.25) is 5.91 Å². The second-order valence-corrected chi connectivity index (χ2v) is 6.80. The molecule has 0 saturated heterocycles. The highest BCUT2D eigenvalue weighted by atomic mass is 16.4. The molecule has 0 aliphatic heterocycles. The number of nitrogens with zero attached hydrogens (tertiary/aromatic N) is 3. The summed E-state index contributed by atoms with van der Waals surface area (Å²) in [6.07, 6.45) is 0. The maximum absolute atomic E-state index is 13.1. The van der Waals surface area contributed by atoms with Gasteiger partial charge in [-0.3, -0.25) is 9.59 Å². The van der Waals surface area contributed by atoms with Crippen LogP contribution in [0.2, 0.25) is 0 Å². The van der Waals surface area contributed by atoms with Crippen LogP contribution < -0.4 is 10.5 Å². The number of hydrogen-bond acceptors (Lipinski definition) is 4. The van der Waals surface area contributed by atoms with Crippen molar-refractivity contribution in [3.63, 3.8) is 0 Å². The molecule has 0 unspecified atom stereocenters. The number of anilines is 1. The summed E-state index contributed by atoms with van der Waals surface area (Å²) in [5.74, 6) is -1.61. The third-order valence-corrected chi connectivity index (χ3v) is 5.03. The Bertz CT molecular complexity index is 1340. The highest BCUT2D eigenvalue weighted by Gasteiger charge is 2.21. The lowest BCUT2D eigenvalue weighted by atomic mass is 10.1. The molecule has 0 aliphatic rings. The summed E-state index contributed by atoms with van der Waals surface area (Å²) in [6, 6.07) is 19.8. The second-order valence-electron chi connectivity index (χ2n) is 6.80. The van der Waals surface area contributed by atoms with Gasteiger partial charge in [-0.2, -0.15) is 5.10 Å². The molecule has 4 rings (SSSR count). The van der Waals surface area contributed by atoms with Gasteiger partial charge in [0, 0.05) is 17.3 Å². The van der Waals surface area contributed by atoms with Crippen molar-refractivity contribution in [1.82, 2.24) is 9.78 Å². The van der Waals surface area contributed by atoms with Gasteiger partial charge in [-0.15, -0.1) is 0 Å². The monoisotopic (exact) mass is 401 g/mol. The van der Waals surface area contributed by atoms with Crippen molar-refractivity contribution in [2.45, 2.75) is 13.5 Å². The minimum Gasteiger partial charge on any atom is -0.476 e. The van der Waals surface area contributed by atoms with E-state index in [-0.39, 0.29) is 28.9 Å². The van der Waals surface area contributed by atoms with Gasteiger partial charge < -0.3 is 10.0 Å². The first-order valence-electron chi connectivity index (χ1n) is 9.52. The number of carbonyl (C=O) groups is 2. The smallest absolute Gasteiger partial charge is 0.357 e. The SMILES string of the molecule is CCN(C(=O)Cn1nc(C(=O)O)c2ccccc2c1=O)c1cccc2ccccc12. The van der Waals surface area contributed by atoms with Crippen molar-refractivity contribution in [1.29, 1.82) is 0 Å². The van der Waals surface area contributed by atoms with Crippen LogP contribution in [0.25, 0.3) is 21.5 Å². The summed E-state index contributed by atoms with van der Waals surface area (Å²) < 4.78 is 0.932. The van der Waals surface area contributed by atoms with Crippen molar-refractivity contribution >= 4 is 39.1 Å². The molecule has 7 nitrogen and oxygen atoms in total. The van der Waals surface area contributed by atoms with Gasteiger partial charge in [-0.25, -0.2) is 9.48 Å². The summed E-state index contributed by atoms with van der Waals surface area (Å²) in [5.41, 5.74) is -0.0305. The molecule has 0 saturated carbocycles. The number of fused-ring (bicyclic) bond motifs is 2. The number of likely N-dealkylation sites (N-methyl/N-ethyl adjacent to an activating group) is 1. The average molecular weight is 401 g/mol. The maximum Gasteiger partial charge on any atom is 0.357 e. The Labute approximate surface area is 171 Å². The van der Waals surface area contributed by atoms with E-state index in [1.165, 1.54) is 12.1 Å². The number of carbonyl (C=O) groups excluding carboxylic acids is 1. The lowest BCUT2D eigenvalue weighted by Gasteiger charge is -2.23. The van der Waals surface area contributed by atoms with E-state index in [0.717, 1.165) is 21.1 Å². The first kappa shape index (κ1) is 19.3. The molecule has 0 radical (unpaired) electrons. The molecule has 30 heavy (non-hydrogen) atoms. The zero-order valence-corrected chi connectivity index (χ0v) is 16.3. The van der Waals surface area contributed by atoms with E-state index >= 15 is 0 Å². The number of amides is 1. The van der Waals surface area contributed by atoms with E-state index in [4.69, 9.17) is 0 Å². The molecule has 1 aromatic heterocycles. The fourth-order valence-electron chi connectivity index (χ4n) is 3.64. The summed E-state index contributed by atoms with van der Waals surface area (Å²) in [5, 5.41) is 15.9. The highest BCUT2D eigenvalue weighted by Crippen LogP contribution is 2.27. The number of rotatable bonds is 5. The van der Waals surface area contributed by atoms with Crippen LogP contribution in [0.4, 0.5) is 5.69 Å². The fourth-order valence-corrected chi connectivity index (χ4v) is 3.64. The third kappa shape index (κ3) is 3.30. The molecule has 0 bridgehead atoms. The molecule has 0 aliphatic carbocycles. The van der Waals surface area contributed by atoms with Gasteiger partial charge in [0.15, 0.2) is 5.69 Å². The van der Waals surface area contributed by atoms with Gasteiger partial charge in [0.1, 0.15) is 6.54 Å². The van der Waals surface area contributed by atoms with Crippen molar-refractivity contribution in [2.24, 2.45) is 0 Å². The number of hydrogen-bond donors (Lipinski definition) is 1. The predicted molar refractivity (Wildman–Crippen MR) is 115 cm³/mol. The highest BCUT2D eigenvalue weighted by molar-refractivity contribution is 6.04. The first-order valence-corrected chi connectivity index (χ1v) is 9.52. The molecule has 1 N–H and O–H groups in total. The van der Waals surface area contributed by atoms with E-state index < -0.39 is 11.5 Å². The second kappa shape index (κ2) is 7.79. The molecular weight excluding hydrogens is 382 g/mol. The molecule has 7 heteroatoms. The molecular formula is C23H19N3O4. The number of benzene rings is 3.